The Balaban J connectivity index is 3.63. The van der Waals surface area contributed by atoms with Crippen molar-refractivity contribution >= 4 is 29.4 Å². The molecule has 0 aromatic rings. The van der Waals surface area contributed by atoms with Gasteiger partial charge in [-0.15, -0.1) is 0 Å². The van der Waals surface area contributed by atoms with Gasteiger partial charge in [-0.25, -0.2) is 0 Å². The van der Waals surface area contributed by atoms with Gasteiger partial charge in [-0.2, -0.15) is 0 Å². The van der Waals surface area contributed by atoms with Crippen molar-refractivity contribution in [1.29, 1.82) is 0 Å². The fraction of sp³-hybridized carbons (Fsp3) is 0.857. The first kappa shape index (κ1) is 10.2. The van der Waals surface area contributed by atoms with Crippen LogP contribution in [0.4, 0.5) is 0 Å². The highest BCUT2D eigenvalue weighted by atomic mass is 35.5. The van der Waals surface area contributed by atoms with E-state index in [-0.39, 0.29) is 0 Å². The summed E-state index contributed by atoms with van der Waals surface area (Å²) in [5.41, 5.74) is 0. The van der Waals surface area contributed by atoms with E-state index >= 15 is 0 Å². The lowest BCUT2D eigenvalue weighted by Crippen LogP contribution is -2.12. The third-order valence-electron chi connectivity index (χ3n) is 1.10. The summed E-state index contributed by atoms with van der Waals surface area (Å²) in [6, 6.07) is 0. The Morgan fingerprint density at radius 2 is 2.00 bits per heavy atom. The smallest absolute Gasteiger partial charge is 0.152 e. The molecule has 0 aromatic carbocycles. The van der Waals surface area contributed by atoms with Crippen molar-refractivity contribution in [2.24, 2.45) is 4.99 Å². The molecule has 0 rings (SSSR count). The predicted octanol–water partition coefficient (Wildman–Crippen LogP) is 3.05. The fourth-order valence-corrected chi connectivity index (χ4v) is 0.557. The van der Waals surface area contributed by atoms with Crippen molar-refractivity contribution in [2.75, 3.05) is 6.54 Å². The minimum atomic E-state index is -0.755. The minimum absolute atomic E-state index is 0.698. The lowest BCUT2D eigenvalue weighted by Gasteiger charge is -2.08. The van der Waals surface area contributed by atoms with E-state index < -0.39 is 4.33 Å². The number of hydrogen-bond acceptors (Lipinski definition) is 1. The number of aliphatic imine (C=N–C) groups is 1. The zero-order chi connectivity index (χ0) is 8.04. The van der Waals surface area contributed by atoms with E-state index in [0.717, 1.165) is 13.0 Å². The summed E-state index contributed by atoms with van der Waals surface area (Å²) in [4.78, 5) is 4.04. The molecule has 1 nitrogen and oxygen atoms in total. The fourth-order valence-electron chi connectivity index (χ4n) is 0.418. The standard InChI is InChI=1S/C7H13Cl2N/c1-3-5-10-6-7(8,9)4-2/h6H,3-5H2,1-2H3. The second-order valence-electron chi connectivity index (χ2n) is 2.15. The maximum atomic E-state index is 5.77. The molecule has 0 aliphatic rings. The Morgan fingerprint density at radius 3 is 2.40 bits per heavy atom. The van der Waals surface area contributed by atoms with Gasteiger partial charge in [0.25, 0.3) is 0 Å². The molecule has 0 aliphatic carbocycles. The summed E-state index contributed by atoms with van der Waals surface area (Å²) < 4.78 is -0.755. The first-order valence-corrected chi connectivity index (χ1v) is 4.26. The molecule has 0 saturated heterocycles. The van der Waals surface area contributed by atoms with E-state index in [0.29, 0.717) is 6.42 Å². The molecule has 0 amide bonds. The SMILES string of the molecule is CCCN=CC(Cl)(Cl)CC. The molecule has 0 heterocycles. The van der Waals surface area contributed by atoms with Crippen LogP contribution in [-0.4, -0.2) is 17.1 Å². The summed E-state index contributed by atoms with van der Waals surface area (Å²) in [5.74, 6) is 0. The van der Waals surface area contributed by atoms with E-state index in [1.807, 2.05) is 6.92 Å². The first-order valence-electron chi connectivity index (χ1n) is 3.51. The molecule has 0 aromatic heterocycles. The lowest BCUT2D eigenvalue weighted by molar-refractivity contribution is 0.904. The summed E-state index contributed by atoms with van der Waals surface area (Å²) in [7, 11) is 0. The van der Waals surface area contributed by atoms with Gasteiger partial charge in [-0.3, -0.25) is 4.99 Å². The van der Waals surface area contributed by atoms with Gasteiger partial charge in [0.15, 0.2) is 4.33 Å². The second-order valence-corrected chi connectivity index (χ2v) is 3.69. The zero-order valence-corrected chi connectivity index (χ0v) is 7.91. The van der Waals surface area contributed by atoms with Gasteiger partial charge >= 0.3 is 0 Å². The van der Waals surface area contributed by atoms with E-state index in [9.17, 15) is 0 Å². The summed E-state index contributed by atoms with van der Waals surface area (Å²) in [5, 5.41) is 0. The Kier molecular flexibility index (Phi) is 5.10. The molecule has 3 heteroatoms. The molecular formula is C7H13Cl2N. The quantitative estimate of drug-likeness (QED) is 0.468. The van der Waals surface area contributed by atoms with Crippen LogP contribution < -0.4 is 0 Å². The van der Waals surface area contributed by atoms with Crippen LogP contribution in [0, 0.1) is 0 Å². The average Bonchev–Trinajstić information content (AvgIpc) is 1.89. The highest BCUT2D eigenvalue weighted by Gasteiger charge is 2.16. The molecule has 0 N–H and O–H groups in total. The molecule has 10 heavy (non-hydrogen) atoms. The van der Waals surface area contributed by atoms with E-state index in [4.69, 9.17) is 23.2 Å². The summed E-state index contributed by atoms with van der Waals surface area (Å²) in [6.07, 6.45) is 3.34. The Hall–Kier alpha value is 0.250. The number of rotatable bonds is 4. The number of nitrogens with zero attached hydrogens (tertiary/aromatic N) is 1. The highest BCUT2D eigenvalue weighted by molar-refractivity contribution is 6.56. The molecule has 0 spiro atoms. The molecule has 0 aliphatic heterocycles. The van der Waals surface area contributed by atoms with Crippen molar-refractivity contribution in [2.45, 2.75) is 31.0 Å². The van der Waals surface area contributed by atoms with Crippen LogP contribution in [0.5, 0.6) is 0 Å². The maximum absolute atomic E-state index is 5.77. The molecule has 0 radical (unpaired) electrons. The molecule has 0 bridgehead atoms. The van der Waals surface area contributed by atoms with Gasteiger partial charge in [0.05, 0.1) is 0 Å². The van der Waals surface area contributed by atoms with Crippen LogP contribution in [0.3, 0.4) is 0 Å². The van der Waals surface area contributed by atoms with Crippen LogP contribution >= 0.6 is 23.2 Å². The van der Waals surface area contributed by atoms with Crippen molar-refractivity contribution in [1.82, 2.24) is 0 Å². The number of alkyl halides is 2. The molecular weight excluding hydrogens is 169 g/mol. The summed E-state index contributed by atoms with van der Waals surface area (Å²) in [6.45, 7) is 4.80. The zero-order valence-electron chi connectivity index (χ0n) is 6.40. The molecule has 0 unspecified atom stereocenters. The van der Waals surface area contributed by atoms with Crippen LogP contribution in [0.1, 0.15) is 26.7 Å². The molecule has 0 saturated carbocycles. The van der Waals surface area contributed by atoms with Crippen LogP contribution in [0.25, 0.3) is 0 Å². The van der Waals surface area contributed by atoms with Crippen LogP contribution in [0.15, 0.2) is 4.99 Å². The predicted molar refractivity (Wildman–Crippen MR) is 48.4 cm³/mol. The van der Waals surface area contributed by atoms with Gasteiger partial charge in [0, 0.05) is 12.8 Å². The number of halogens is 2. The van der Waals surface area contributed by atoms with Gasteiger partial charge in [-0.05, 0) is 12.8 Å². The number of hydrogen-bond donors (Lipinski definition) is 0. The Labute approximate surface area is 72.4 Å². The van der Waals surface area contributed by atoms with Crippen molar-refractivity contribution in [3.05, 3.63) is 0 Å². The lowest BCUT2D eigenvalue weighted by atomic mass is 10.3. The average molecular weight is 182 g/mol. The van der Waals surface area contributed by atoms with Gasteiger partial charge in [0.2, 0.25) is 0 Å². The second kappa shape index (κ2) is 4.97. The monoisotopic (exact) mass is 181 g/mol. The minimum Gasteiger partial charge on any atom is -0.294 e. The topological polar surface area (TPSA) is 12.4 Å². The van der Waals surface area contributed by atoms with E-state index in [2.05, 4.69) is 11.9 Å². The Morgan fingerprint density at radius 1 is 1.40 bits per heavy atom. The normalized spacial score (nSPS) is 12.8. The van der Waals surface area contributed by atoms with E-state index in [1.165, 1.54) is 0 Å². The molecule has 0 atom stereocenters. The largest absolute Gasteiger partial charge is 0.294 e. The van der Waals surface area contributed by atoms with Crippen LogP contribution in [-0.2, 0) is 0 Å². The Bertz CT molecular complexity index is 110. The molecule has 60 valence electrons. The van der Waals surface area contributed by atoms with Gasteiger partial charge < -0.3 is 0 Å². The first-order chi connectivity index (χ1) is 4.62. The van der Waals surface area contributed by atoms with Crippen molar-refractivity contribution in [3.8, 4) is 0 Å². The summed E-state index contributed by atoms with van der Waals surface area (Å²) >= 11 is 11.5. The van der Waals surface area contributed by atoms with E-state index in [1.54, 1.807) is 6.21 Å². The van der Waals surface area contributed by atoms with Crippen LogP contribution in [0.2, 0.25) is 0 Å². The maximum Gasteiger partial charge on any atom is 0.152 e. The van der Waals surface area contributed by atoms with Gasteiger partial charge in [-0.1, -0.05) is 37.0 Å². The highest BCUT2D eigenvalue weighted by Crippen LogP contribution is 2.21. The third kappa shape index (κ3) is 5.07. The van der Waals surface area contributed by atoms with Crippen molar-refractivity contribution in [3.63, 3.8) is 0 Å². The van der Waals surface area contributed by atoms with Crippen molar-refractivity contribution < 1.29 is 0 Å². The third-order valence-corrected chi connectivity index (χ3v) is 1.83. The van der Waals surface area contributed by atoms with Gasteiger partial charge in [0.1, 0.15) is 0 Å². The molecule has 0 fully saturated rings.